The van der Waals surface area contributed by atoms with Crippen molar-refractivity contribution in [3.05, 3.63) is 60.2 Å². The molecule has 0 heterocycles. The average Bonchev–Trinajstić information content (AvgIpc) is 2.55. The standard InChI is InChI=1S/C18H21N3O2/c1-20(2)16-11-9-15(10-12-16)19-17(22)18(23)21(3)13-14-7-5-4-6-8-14/h4-12H,13H2,1-3H3,(H,19,22). The molecule has 0 aliphatic heterocycles. The smallest absolute Gasteiger partial charge is 0.313 e. The number of carbonyl (C=O) groups excluding carboxylic acids is 2. The summed E-state index contributed by atoms with van der Waals surface area (Å²) < 4.78 is 0. The number of hydrogen-bond acceptors (Lipinski definition) is 3. The first kappa shape index (κ1) is 16.5. The Morgan fingerprint density at radius 2 is 1.52 bits per heavy atom. The highest BCUT2D eigenvalue weighted by Crippen LogP contribution is 2.15. The summed E-state index contributed by atoms with van der Waals surface area (Å²) in [4.78, 5) is 27.5. The van der Waals surface area contributed by atoms with E-state index in [-0.39, 0.29) is 0 Å². The molecule has 0 aliphatic rings. The van der Waals surface area contributed by atoms with Crippen LogP contribution in [0.15, 0.2) is 54.6 Å². The third-order valence-corrected chi connectivity index (χ3v) is 3.45. The van der Waals surface area contributed by atoms with Crippen molar-refractivity contribution < 1.29 is 9.59 Å². The van der Waals surface area contributed by atoms with Crippen LogP contribution in [0.25, 0.3) is 0 Å². The van der Waals surface area contributed by atoms with Crippen LogP contribution in [0.1, 0.15) is 5.56 Å². The second kappa shape index (κ2) is 7.45. The number of hydrogen-bond donors (Lipinski definition) is 1. The number of likely N-dealkylation sites (N-methyl/N-ethyl adjacent to an activating group) is 1. The van der Waals surface area contributed by atoms with Gasteiger partial charge in [-0.25, -0.2) is 0 Å². The Morgan fingerprint density at radius 3 is 2.09 bits per heavy atom. The van der Waals surface area contributed by atoms with Crippen LogP contribution in [-0.2, 0) is 16.1 Å². The molecule has 0 radical (unpaired) electrons. The summed E-state index contributed by atoms with van der Waals surface area (Å²) in [6.07, 6.45) is 0. The first-order valence-corrected chi connectivity index (χ1v) is 7.35. The van der Waals surface area contributed by atoms with Gasteiger partial charge < -0.3 is 15.1 Å². The first-order chi connectivity index (χ1) is 11.0. The molecule has 120 valence electrons. The quantitative estimate of drug-likeness (QED) is 0.882. The first-order valence-electron chi connectivity index (χ1n) is 7.35. The van der Waals surface area contributed by atoms with E-state index in [2.05, 4.69) is 5.32 Å². The second-order valence-corrected chi connectivity index (χ2v) is 5.54. The van der Waals surface area contributed by atoms with E-state index in [0.717, 1.165) is 11.3 Å². The van der Waals surface area contributed by atoms with Crippen molar-refractivity contribution in [1.29, 1.82) is 0 Å². The van der Waals surface area contributed by atoms with Crippen molar-refractivity contribution in [3.63, 3.8) is 0 Å². The predicted molar refractivity (Wildman–Crippen MR) is 92.3 cm³/mol. The summed E-state index contributed by atoms with van der Waals surface area (Å²) in [6.45, 7) is 0.395. The number of rotatable bonds is 4. The van der Waals surface area contributed by atoms with Crippen molar-refractivity contribution in [1.82, 2.24) is 4.90 Å². The van der Waals surface area contributed by atoms with Gasteiger partial charge in [0.15, 0.2) is 0 Å². The maximum absolute atomic E-state index is 12.1. The SMILES string of the molecule is CN(Cc1ccccc1)C(=O)C(=O)Nc1ccc(N(C)C)cc1. The fourth-order valence-electron chi connectivity index (χ4n) is 2.13. The molecule has 0 bridgehead atoms. The van der Waals surface area contributed by atoms with Gasteiger partial charge in [0, 0.05) is 39.1 Å². The summed E-state index contributed by atoms with van der Waals surface area (Å²) in [5, 5.41) is 2.63. The lowest BCUT2D eigenvalue weighted by Crippen LogP contribution is -2.36. The molecule has 2 rings (SSSR count). The van der Waals surface area contributed by atoms with E-state index in [1.54, 1.807) is 19.2 Å². The molecule has 0 saturated heterocycles. The van der Waals surface area contributed by atoms with E-state index < -0.39 is 11.8 Å². The maximum Gasteiger partial charge on any atom is 0.313 e. The average molecular weight is 311 g/mol. The van der Waals surface area contributed by atoms with Gasteiger partial charge in [-0.1, -0.05) is 30.3 Å². The second-order valence-electron chi connectivity index (χ2n) is 5.54. The Hall–Kier alpha value is -2.82. The van der Waals surface area contributed by atoms with E-state index >= 15 is 0 Å². The van der Waals surface area contributed by atoms with Crippen molar-refractivity contribution in [2.75, 3.05) is 31.4 Å². The highest BCUT2D eigenvalue weighted by atomic mass is 16.2. The molecule has 0 aromatic heterocycles. The number of nitrogens with zero attached hydrogens (tertiary/aromatic N) is 2. The molecule has 5 heteroatoms. The predicted octanol–water partition coefficient (Wildman–Crippen LogP) is 2.35. The molecule has 0 fully saturated rings. The monoisotopic (exact) mass is 311 g/mol. The highest BCUT2D eigenvalue weighted by Gasteiger charge is 2.18. The summed E-state index contributed by atoms with van der Waals surface area (Å²) in [7, 11) is 5.50. The van der Waals surface area contributed by atoms with Gasteiger partial charge in [0.25, 0.3) is 0 Å². The number of amides is 2. The molecular weight excluding hydrogens is 290 g/mol. The highest BCUT2D eigenvalue weighted by molar-refractivity contribution is 6.39. The molecule has 0 aliphatic carbocycles. The topological polar surface area (TPSA) is 52.7 Å². The van der Waals surface area contributed by atoms with E-state index in [0.29, 0.717) is 12.2 Å². The zero-order valence-electron chi connectivity index (χ0n) is 13.6. The van der Waals surface area contributed by atoms with Gasteiger partial charge >= 0.3 is 11.8 Å². The van der Waals surface area contributed by atoms with Gasteiger partial charge in [0.2, 0.25) is 0 Å². The fourth-order valence-corrected chi connectivity index (χ4v) is 2.13. The fraction of sp³-hybridized carbons (Fsp3) is 0.222. The van der Waals surface area contributed by atoms with Gasteiger partial charge in [-0.05, 0) is 29.8 Å². The molecule has 2 aromatic rings. The van der Waals surface area contributed by atoms with Crippen LogP contribution in [0.4, 0.5) is 11.4 Å². The molecule has 2 amide bonds. The van der Waals surface area contributed by atoms with Crippen molar-refractivity contribution in [2.45, 2.75) is 6.54 Å². The van der Waals surface area contributed by atoms with E-state index in [4.69, 9.17) is 0 Å². The van der Waals surface area contributed by atoms with E-state index in [1.165, 1.54) is 4.90 Å². The van der Waals surface area contributed by atoms with Crippen LogP contribution < -0.4 is 10.2 Å². The maximum atomic E-state index is 12.1. The summed E-state index contributed by atoms with van der Waals surface area (Å²) in [5.74, 6) is -1.20. The molecule has 2 aromatic carbocycles. The summed E-state index contributed by atoms with van der Waals surface area (Å²) in [5.41, 5.74) is 2.60. The number of carbonyl (C=O) groups is 2. The Morgan fingerprint density at radius 1 is 0.913 bits per heavy atom. The van der Waals surface area contributed by atoms with Gasteiger partial charge in [0.1, 0.15) is 0 Å². The number of benzene rings is 2. The zero-order chi connectivity index (χ0) is 16.8. The molecule has 0 spiro atoms. The van der Waals surface area contributed by atoms with Crippen molar-refractivity contribution >= 4 is 23.2 Å². The van der Waals surface area contributed by atoms with Crippen LogP contribution >= 0.6 is 0 Å². The van der Waals surface area contributed by atoms with E-state index in [9.17, 15) is 9.59 Å². The molecule has 0 saturated carbocycles. The number of nitrogens with one attached hydrogen (secondary N) is 1. The number of anilines is 2. The van der Waals surface area contributed by atoms with Gasteiger partial charge in [-0.3, -0.25) is 9.59 Å². The lowest BCUT2D eigenvalue weighted by molar-refractivity contribution is -0.142. The largest absolute Gasteiger partial charge is 0.378 e. The van der Waals surface area contributed by atoms with Gasteiger partial charge in [-0.15, -0.1) is 0 Å². The molecule has 1 N–H and O–H groups in total. The van der Waals surface area contributed by atoms with Crippen LogP contribution in [-0.4, -0.2) is 37.9 Å². The normalized spacial score (nSPS) is 10.0. The molecule has 23 heavy (non-hydrogen) atoms. The minimum absolute atomic E-state index is 0.395. The van der Waals surface area contributed by atoms with E-state index in [1.807, 2.05) is 61.5 Å². The molecule has 0 unspecified atom stereocenters. The third-order valence-electron chi connectivity index (χ3n) is 3.45. The zero-order valence-corrected chi connectivity index (χ0v) is 13.6. The lowest BCUT2D eigenvalue weighted by atomic mass is 10.2. The van der Waals surface area contributed by atoms with Gasteiger partial charge in [0.05, 0.1) is 0 Å². The van der Waals surface area contributed by atoms with Crippen LogP contribution in [0, 0.1) is 0 Å². The summed E-state index contributed by atoms with van der Waals surface area (Å²) >= 11 is 0. The Kier molecular flexibility index (Phi) is 5.36. The van der Waals surface area contributed by atoms with Crippen LogP contribution in [0.2, 0.25) is 0 Å². The van der Waals surface area contributed by atoms with Gasteiger partial charge in [-0.2, -0.15) is 0 Å². The lowest BCUT2D eigenvalue weighted by Gasteiger charge is -2.17. The molecule has 0 atom stereocenters. The molecular formula is C18H21N3O2. The van der Waals surface area contributed by atoms with Crippen LogP contribution in [0.5, 0.6) is 0 Å². The Labute approximate surface area is 136 Å². The summed E-state index contributed by atoms with van der Waals surface area (Å²) in [6, 6.07) is 16.9. The third kappa shape index (κ3) is 4.57. The van der Waals surface area contributed by atoms with Crippen LogP contribution in [0.3, 0.4) is 0 Å². The molecule has 5 nitrogen and oxygen atoms in total. The Balaban J connectivity index is 1.95. The van der Waals surface area contributed by atoms with Crippen molar-refractivity contribution in [2.24, 2.45) is 0 Å². The minimum atomic E-state index is -0.638. The minimum Gasteiger partial charge on any atom is -0.378 e. The Bertz CT molecular complexity index is 666. The van der Waals surface area contributed by atoms with Crippen molar-refractivity contribution in [3.8, 4) is 0 Å².